The van der Waals surface area contributed by atoms with E-state index in [1.807, 2.05) is 13.8 Å². The molecule has 2 aromatic rings. The van der Waals surface area contributed by atoms with Gasteiger partial charge in [0.15, 0.2) is 11.2 Å². The summed E-state index contributed by atoms with van der Waals surface area (Å²) >= 11 is 0. The Kier molecular flexibility index (Phi) is 8.38. The molecule has 0 radical (unpaired) electrons. The molecule has 0 saturated heterocycles. The molecule has 0 aromatic carbocycles. The Labute approximate surface area is 167 Å². The molecule has 0 aliphatic rings. The van der Waals surface area contributed by atoms with Crippen LogP contribution in [0.1, 0.15) is 20.8 Å². The standard InChI is InChI=1S/C16H24N6O5.ClH/c1-8(2)11(17)15(25)27-6-10(5-26-9(3)23)4-22-7-19-12-13(22)20-16(18)21-14(12)24;/h7-8,10-11H,4-6,17H2,1-3H3,(H3,18,20,21,24);1H/t10?,11-;/m0./s1. The number of aromatic amines is 1. The molecule has 11 nitrogen and oxygen atoms in total. The first-order valence-corrected chi connectivity index (χ1v) is 8.45. The number of halogens is 1. The van der Waals surface area contributed by atoms with Crippen molar-refractivity contribution in [2.45, 2.75) is 33.4 Å². The van der Waals surface area contributed by atoms with E-state index in [0.717, 1.165) is 0 Å². The van der Waals surface area contributed by atoms with Gasteiger partial charge in [0.25, 0.3) is 5.56 Å². The second-order valence-corrected chi connectivity index (χ2v) is 6.59. The van der Waals surface area contributed by atoms with Crippen LogP contribution in [0.5, 0.6) is 0 Å². The Morgan fingerprint density at radius 1 is 1.29 bits per heavy atom. The first-order valence-electron chi connectivity index (χ1n) is 8.45. The summed E-state index contributed by atoms with van der Waals surface area (Å²) in [7, 11) is 0. The largest absolute Gasteiger partial charge is 0.465 e. The highest BCUT2D eigenvalue weighted by molar-refractivity contribution is 5.85. The average molecular weight is 417 g/mol. The number of nitrogens with zero attached hydrogens (tertiary/aromatic N) is 3. The molecule has 5 N–H and O–H groups in total. The molecule has 12 heteroatoms. The number of carbonyl (C=O) groups excluding carboxylic acids is 2. The van der Waals surface area contributed by atoms with Gasteiger partial charge in [0.05, 0.1) is 19.5 Å². The minimum Gasteiger partial charge on any atom is -0.465 e. The fourth-order valence-corrected chi connectivity index (χ4v) is 2.34. The third kappa shape index (κ3) is 5.92. The molecule has 2 heterocycles. The number of carbonyl (C=O) groups is 2. The lowest BCUT2D eigenvalue weighted by Gasteiger charge is -2.20. The van der Waals surface area contributed by atoms with E-state index >= 15 is 0 Å². The molecular formula is C16H25ClN6O5. The lowest BCUT2D eigenvalue weighted by atomic mass is 10.1. The summed E-state index contributed by atoms with van der Waals surface area (Å²) in [5.41, 5.74) is 11.3. The number of rotatable bonds is 8. The molecule has 28 heavy (non-hydrogen) atoms. The number of nitrogen functional groups attached to an aromatic ring is 1. The highest BCUT2D eigenvalue weighted by atomic mass is 35.5. The number of aromatic nitrogens is 4. The number of fused-ring (bicyclic) bond motifs is 1. The number of hydrogen-bond acceptors (Lipinski definition) is 9. The van der Waals surface area contributed by atoms with Gasteiger partial charge in [0.2, 0.25) is 5.95 Å². The number of ether oxygens (including phenoxy) is 2. The van der Waals surface area contributed by atoms with E-state index < -0.39 is 29.5 Å². The Morgan fingerprint density at radius 2 is 1.93 bits per heavy atom. The van der Waals surface area contributed by atoms with Gasteiger partial charge in [-0.1, -0.05) is 13.8 Å². The highest BCUT2D eigenvalue weighted by Crippen LogP contribution is 2.12. The van der Waals surface area contributed by atoms with Crippen LogP contribution in [0.15, 0.2) is 11.1 Å². The van der Waals surface area contributed by atoms with Crippen molar-refractivity contribution in [3.63, 3.8) is 0 Å². The number of nitrogens with one attached hydrogen (secondary N) is 1. The molecule has 0 aliphatic heterocycles. The van der Waals surface area contributed by atoms with Crippen LogP contribution >= 0.6 is 12.4 Å². The Morgan fingerprint density at radius 3 is 2.54 bits per heavy atom. The van der Waals surface area contributed by atoms with Crippen molar-refractivity contribution in [3.8, 4) is 0 Å². The van der Waals surface area contributed by atoms with Crippen molar-refractivity contribution in [2.75, 3.05) is 18.9 Å². The molecule has 2 rings (SSSR count). The van der Waals surface area contributed by atoms with Crippen LogP contribution in [0.3, 0.4) is 0 Å². The number of anilines is 1. The summed E-state index contributed by atoms with van der Waals surface area (Å²) in [6, 6.07) is -0.742. The predicted octanol–water partition coefficient (Wildman–Crippen LogP) is -0.171. The van der Waals surface area contributed by atoms with Gasteiger partial charge in [0, 0.05) is 19.4 Å². The summed E-state index contributed by atoms with van der Waals surface area (Å²) in [6.45, 7) is 5.14. The van der Waals surface area contributed by atoms with Crippen LogP contribution in [0.4, 0.5) is 5.95 Å². The molecular weight excluding hydrogens is 392 g/mol. The van der Waals surface area contributed by atoms with Crippen LogP contribution in [-0.2, 0) is 25.6 Å². The fraction of sp³-hybridized carbons (Fsp3) is 0.562. The molecule has 0 amide bonds. The lowest BCUT2D eigenvalue weighted by Crippen LogP contribution is -2.38. The number of hydrogen-bond donors (Lipinski definition) is 3. The van der Waals surface area contributed by atoms with Crippen LogP contribution < -0.4 is 17.0 Å². The third-order valence-corrected chi connectivity index (χ3v) is 3.92. The number of H-pyrrole nitrogens is 1. The van der Waals surface area contributed by atoms with Gasteiger partial charge in [-0.25, -0.2) is 4.98 Å². The van der Waals surface area contributed by atoms with Crippen molar-refractivity contribution in [1.29, 1.82) is 0 Å². The number of imidazole rings is 1. The fourth-order valence-electron chi connectivity index (χ4n) is 2.34. The molecule has 0 fully saturated rings. The average Bonchev–Trinajstić information content (AvgIpc) is 2.98. The minimum atomic E-state index is -0.742. The molecule has 0 aliphatic carbocycles. The zero-order chi connectivity index (χ0) is 20.1. The van der Waals surface area contributed by atoms with Gasteiger partial charge >= 0.3 is 11.9 Å². The zero-order valence-electron chi connectivity index (χ0n) is 15.9. The van der Waals surface area contributed by atoms with E-state index in [0.29, 0.717) is 0 Å². The molecule has 2 aromatic heterocycles. The maximum Gasteiger partial charge on any atom is 0.323 e. The van der Waals surface area contributed by atoms with E-state index in [1.54, 1.807) is 4.57 Å². The summed E-state index contributed by atoms with van der Waals surface area (Å²) in [4.78, 5) is 45.5. The monoisotopic (exact) mass is 416 g/mol. The van der Waals surface area contributed by atoms with Gasteiger partial charge in [-0.05, 0) is 5.92 Å². The number of nitrogens with two attached hydrogens (primary N) is 2. The van der Waals surface area contributed by atoms with E-state index in [9.17, 15) is 14.4 Å². The van der Waals surface area contributed by atoms with Crippen molar-refractivity contribution >= 4 is 41.5 Å². The summed E-state index contributed by atoms with van der Waals surface area (Å²) in [5.74, 6) is -1.50. The molecule has 2 atom stereocenters. The SMILES string of the molecule is CC(=O)OCC(COC(=O)[C@@H](N)C(C)C)Cn1cnc2c(=O)[nH]c(N)nc21.Cl. The maximum absolute atomic E-state index is 12.0. The van der Waals surface area contributed by atoms with E-state index in [2.05, 4.69) is 15.0 Å². The van der Waals surface area contributed by atoms with Gasteiger partial charge in [0.1, 0.15) is 6.04 Å². The normalized spacial score (nSPS) is 13.0. The van der Waals surface area contributed by atoms with Gasteiger partial charge in [-0.15, -0.1) is 12.4 Å². The highest BCUT2D eigenvalue weighted by Gasteiger charge is 2.22. The smallest absolute Gasteiger partial charge is 0.323 e. The quantitative estimate of drug-likeness (QED) is 0.494. The second-order valence-electron chi connectivity index (χ2n) is 6.59. The predicted molar refractivity (Wildman–Crippen MR) is 104 cm³/mol. The van der Waals surface area contributed by atoms with Gasteiger partial charge in [-0.2, -0.15) is 4.98 Å². The minimum absolute atomic E-state index is 0. The van der Waals surface area contributed by atoms with Crippen molar-refractivity contribution in [2.24, 2.45) is 17.6 Å². The molecule has 0 bridgehead atoms. The molecule has 156 valence electrons. The first-order chi connectivity index (χ1) is 12.7. The van der Waals surface area contributed by atoms with Crippen molar-refractivity contribution < 1.29 is 19.1 Å². The molecule has 1 unspecified atom stereocenters. The van der Waals surface area contributed by atoms with Crippen LogP contribution in [-0.4, -0.2) is 50.7 Å². The van der Waals surface area contributed by atoms with E-state index in [1.165, 1.54) is 13.3 Å². The zero-order valence-corrected chi connectivity index (χ0v) is 16.7. The summed E-state index contributed by atoms with van der Waals surface area (Å²) in [5, 5.41) is 0. The lowest BCUT2D eigenvalue weighted by molar-refractivity contribution is -0.150. The van der Waals surface area contributed by atoms with E-state index in [-0.39, 0.29) is 55.2 Å². The van der Waals surface area contributed by atoms with Gasteiger partial charge < -0.3 is 25.5 Å². The Bertz CT molecular complexity index is 880. The summed E-state index contributed by atoms with van der Waals surface area (Å²) < 4.78 is 11.9. The van der Waals surface area contributed by atoms with E-state index in [4.69, 9.17) is 20.9 Å². The Hall–Kier alpha value is -2.66. The summed E-state index contributed by atoms with van der Waals surface area (Å²) in [6.07, 6.45) is 1.43. The first kappa shape index (κ1) is 23.4. The van der Waals surface area contributed by atoms with Crippen molar-refractivity contribution in [3.05, 3.63) is 16.7 Å². The maximum atomic E-state index is 12.0. The van der Waals surface area contributed by atoms with Crippen LogP contribution in [0.2, 0.25) is 0 Å². The van der Waals surface area contributed by atoms with Crippen molar-refractivity contribution in [1.82, 2.24) is 19.5 Å². The Balaban J connectivity index is 0.00000392. The van der Waals surface area contributed by atoms with Crippen LogP contribution in [0, 0.1) is 11.8 Å². The number of esters is 2. The second kappa shape index (κ2) is 10.0. The van der Waals surface area contributed by atoms with Gasteiger partial charge in [-0.3, -0.25) is 19.4 Å². The molecule has 0 spiro atoms. The topological polar surface area (TPSA) is 168 Å². The van der Waals surface area contributed by atoms with Crippen LogP contribution in [0.25, 0.3) is 11.2 Å². The molecule has 0 saturated carbocycles. The third-order valence-electron chi connectivity index (χ3n) is 3.92.